The van der Waals surface area contributed by atoms with Crippen molar-refractivity contribution in [2.24, 2.45) is 0 Å². The molecular weight excluding hydrogens is 308 g/mol. The Balaban J connectivity index is 2.18. The number of hydrogen-bond acceptors (Lipinski definition) is 5. The molecule has 2 aromatic carbocycles. The van der Waals surface area contributed by atoms with E-state index in [4.69, 9.17) is 0 Å². The molecule has 0 fully saturated rings. The van der Waals surface area contributed by atoms with Crippen molar-refractivity contribution >= 4 is 5.69 Å². The second-order valence-corrected chi connectivity index (χ2v) is 5.28. The molecule has 0 amide bonds. The standard InChI is InChI=1S/C18H14N2O4/c21-17-14(10-12-6-8-19-9-7-12)11-15(13-4-2-1-3-5-13)18(22)16(17)20(23)24/h1-9,11,21-22H,10H2. The van der Waals surface area contributed by atoms with Gasteiger partial charge in [0.1, 0.15) is 0 Å². The van der Waals surface area contributed by atoms with E-state index in [9.17, 15) is 20.3 Å². The van der Waals surface area contributed by atoms with Crippen LogP contribution in [0, 0.1) is 10.1 Å². The molecule has 0 saturated carbocycles. The van der Waals surface area contributed by atoms with Crippen LogP contribution in [0.1, 0.15) is 11.1 Å². The molecule has 6 heteroatoms. The summed E-state index contributed by atoms with van der Waals surface area (Å²) in [5.41, 5.74) is 1.47. The number of hydrogen-bond donors (Lipinski definition) is 2. The lowest BCUT2D eigenvalue weighted by Crippen LogP contribution is -1.97. The first-order chi connectivity index (χ1) is 11.6. The van der Waals surface area contributed by atoms with Crippen molar-refractivity contribution in [3.63, 3.8) is 0 Å². The predicted molar refractivity (Wildman–Crippen MR) is 88.9 cm³/mol. The third kappa shape index (κ3) is 2.89. The van der Waals surface area contributed by atoms with Crippen molar-refractivity contribution in [3.05, 3.63) is 82.2 Å². The minimum atomic E-state index is -0.771. The molecule has 0 saturated heterocycles. The van der Waals surface area contributed by atoms with Crippen molar-refractivity contribution < 1.29 is 15.1 Å². The van der Waals surface area contributed by atoms with Crippen LogP contribution < -0.4 is 0 Å². The minimum absolute atomic E-state index is 0.287. The smallest absolute Gasteiger partial charge is 0.352 e. The molecule has 2 N–H and O–H groups in total. The van der Waals surface area contributed by atoms with Gasteiger partial charge >= 0.3 is 5.69 Å². The minimum Gasteiger partial charge on any atom is -0.502 e. The molecule has 0 aliphatic rings. The number of aromatic hydroxyl groups is 2. The van der Waals surface area contributed by atoms with Crippen LogP contribution in [0.25, 0.3) is 11.1 Å². The first-order valence-electron chi connectivity index (χ1n) is 7.24. The number of phenolic OH excluding ortho intramolecular Hbond substituents is 2. The topological polar surface area (TPSA) is 96.5 Å². The first-order valence-corrected chi connectivity index (χ1v) is 7.24. The molecule has 3 rings (SSSR count). The maximum atomic E-state index is 11.3. The van der Waals surface area contributed by atoms with Crippen molar-refractivity contribution in [2.45, 2.75) is 6.42 Å². The van der Waals surface area contributed by atoms with Gasteiger partial charge in [0.25, 0.3) is 0 Å². The van der Waals surface area contributed by atoms with E-state index in [-0.39, 0.29) is 6.42 Å². The molecule has 3 aromatic rings. The molecule has 1 aromatic heterocycles. The zero-order valence-electron chi connectivity index (χ0n) is 12.6. The Morgan fingerprint density at radius 3 is 2.29 bits per heavy atom. The van der Waals surface area contributed by atoms with Crippen molar-refractivity contribution in [3.8, 4) is 22.6 Å². The Hall–Kier alpha value is -3.41. The van der Waals surface area contributed by atoms with E-state index in [0.717, 1.165) is 5.56 Å². The molecule has 6 nitrogen and oxygen atoms in total. The number of nitro benzene ring substituents is 1. The van der Waals surface area contributed by atoms with Crippen LogP contribution in [-0.2, 0) is 6.42 Å². The van der Waals surface area contributed by atoms with Gasteiger partial charge in [-0.1, -0.05) is 30.3 Å². The average molecular weight is 322 g/mol. The summed E-state index contributed by atoms with van der Waals surface area (Å²) in [6.07, 6.45) is 3.51. The van der Waals surface area contributed by atoms with Gasteiger partial charge in [-0.2, -0.15) is 0 Å². The number of phenols is 2. The van der Waals surface area contributed by atoms with Crippen molar-refractivity contribution in [1.29, 1.82) is 0 Å². The number of pyridine rings is 1. The molecule has 0 unspecified atom stereocenters. The van der Waals surface area contributed by atoms with Crippen LogP contribution >= 0.6 is 0 Å². The van der Waals surface area contributed by atoms with Crippen LogP contribution in [0.15, 0.2) is 60.9 Å². The van der Waals surface area contributed by atoms with Gasteiger partial charge < -0.3 is 10.2 Å². The number of rotatable bonds is 4. The second kappa shape index (κ2) is 6.37. The summed E-state index contributed by atoms with van der Waals surface area (Å²) < 4.78 is 0. The molecule has 0 bridgehead atoms. The Bertz CT molecular complexity index is 881. The van der Waals surface area contributed by atoms with Crippen molar-refractivity contribution in [1.82, 2.24) is 4.98 Å². The highest BCUT2D eigenvalue weighted by molar-refractivity contribution is 5.79. The van der Waals surface area contributed by atoms with E-state index in [1.165, 1.54) is 0 Å². The summed E-state index contributed by atoms with van der Waals surface area (Å²) in [5, 5.41) is 31.8. The third-order valence-electron chi connectivity index (χ3n) is 3.74. The Kier molecular flexibility index (Phi) is 4.11. The molecule has 0 aliphatic heterocycles. The quantitative estimate of drug-likeness (QED) is 0.564. The van der Waals surface area contributed by atoms with Crippen LogP contribution in [0.3, 0.4) is 0 Å². The van der Waals surface area contributed by atoms with E-state index in [2.05, 4.69) is 4.98 Å². The molecule has 120 valence electrons. The zero-order chi connectivity index (χ0) is 17.1. The summed E-state index contributed by atoms with van der Waals surface area (Å²) in [4.78, 5) is 14.5. The van der Waals surface area contributed by atoms with Crippen LogP contribution in [0.2, 0.25) is 0 Å². The van der Waals surface area contributed by atoms with Gasteiger partial charge in [0.2, 0.25) is 11.5 Å². The van der Waals surface area contributed by atoms with Gasteiger partial charge in [-0.05, 0) is 29.3 Å². The summed E-state index contributed by atoms with van der Waals surface area (Å²) in [7, 11) is 0. The monoisotopic (exact) mass is 322 g/mol. The highest BCUT2D eigenvalue weighted by atomic mass is 16.6. The van der Waals surface area contributed by atoms with Gasteiger partial charge in [0.15, 0.2) is 0 Å². The van der Waals surface area contributed by atoms with Gasteiger partial charge in [-0.15, -0.1) is 0 Å². The lowest BCUT2D eigenvalue weighted by atomic mass is 9.96. The molecule has 0 spiro atoms. The maximum absolute atomic E-state index is 11.3. The predicted octanol–water partition coefficient (Wildman–Crippen LogP) is 3.66. The van der Waals surface area contributed by atoms with Gasteiger partial charge in [0, 0.05) is 29.9 Å². The van der Waals surface area contributed by atoms with Gasteiger partial charge in [0.05, 0.1) is 4.92 Å². The first kappa shape index (κ1) is 15.5. The van der Waals surface area contributed by atoms with Crippen LogP contribution in [0.5, 0.6) is 11.5 Å². The van der Waals surface area contributed by atoms with Crippen LogP contribution in [0.4, 0.5) is 5.69 Å². The fourth-order valence-corrected chi connectivity index (χ4v) is 2.57. The lowest BCUT2D eigenvalue weighted by Gasteiger charge is -2.11. The number of aromatic nitrogens is 1. The molecule has 0 aliphatic carbocycles. The number of nitro groups is 1. The van der Waals surface area contributed by atoms with E-state index in [0.29, 0.717) is 16.7 Å². The Morgan fingerprint density at radius 2 is 1.67 bits per heavy atom. The SMILES string of the molecule is O=[N+]([O-])c1c(O)c(Cc2ccncc2)cc(-c2ccccc2)c1O. The fraction of sp³-hybridized carbons (Fsp3) is 0.0556. The highest BCUT2D eigenvalue weighted by Crippen LogP contribution is 2.45. The van der Waals surface area contributed by atoms with E-state index < -0.39 is 22.1 Å². The molecule has 24 heavy (non-hydrogen) atoms. The summed E-state index contributed by atoms with van der Waals surface area (Å²) in [6.45, 7) is 0. The van der Waals surface area contributed by atoms with Gasteiger partial charge in [-0.3, -0.25) is 15.1 Å². The van der Waals surface area contributed by atoms with Crippen LogP contribution in [-0.4, -0.2) is 20.1 Å². The Morgan fingerprint density at radius 1 is 1.00 bits per heavy atom. The maximum Gasteiger partial charge on any atom is 0.352 e. The number of benzene rings is 2. The molecular formula is C18H14N2O4. The normalized spacial score (nSPS) is 10.5. The zero-order valence-corrected chi connectivity index (χ0v) is 12.6. The van der Waals surface area contributed by atoms with E-state index in [1.54, 1.807) is 54.9 Å². The van der Waals surface area contributed by atoms with E-state index >= 15 is 0 Å². The van der Waals surface area contributed by atoms with Gasteiger partial charge in [-0.25, -0.2) is 0 Å². The van der Waals surface area contributed by atoms with E-state index in [1.807, 2.05) is 6.07 Å². The Labute approximate surface area is 137 Å². The largest absolute Gasteiger partial charge is 0.502 e. The third-order valence-corrected chi connectivity index (χ3v) is 3.74. The highest BCUT2D eigenvalue weighted by Gasteiger charge is 2.27. The van der Waals surface area contributed by atoms with Crippen molar-refractivity contribution in [2.75, 3.05) is 0 Å². The fourth-order valence-electron chi connectivity index (χ4n) is 2.57. The number of nitrogens with zero attached hydrogens (tertiary/aromatic N) is 2. The molecule has 1 heterocycles. The summed E-state index contributed by atoms with van der Waals surface area (Å²) in [5.74, 6) is -1.06. The summed E-state index contributed by atoms with van der Waals surface area (Å²) in [6, 6.07) is 13.9. The average Bonchev–Trinajstić information content (AvgIpc) is 2.59. The molecule has 0 atom stereocenters. The second-order valence-electron chi connectivity index (χ2n) is 5.28. The lowest BCUT2D eigenvalue weighted by molar-refractivity contribution is -0.386. The molecule has 0 radical (unpaired) electrons. The summed E-state index contributed by atoms with van der Waals surface area (Å²) >= 11 is 0.